The van der Waals surface area contributed by atoms with Crippen LogP contribution in [0.3, 0.4) is 0 Å². The van der Waals surface area contributed by atoms with E-state index in [1.165, 1.54) is 29.5 Å². The fraction of sp³-hybridized carbons (Fsp3) is 0.143. The molecule has 0 radical (unpaired) electrons. The molecule has 3 aromatic heterocycles. The first kappa shape index (κ1) is 21.0. The lowest BCUT2D eigenvalue weighted by atomic mass is 10.2. The maximum atomic E-state index is 14.4. The molecule has 0 fully saturated rings. The Balaban J connectivity index is 1.42. The fourth-order valence-corrected chi connectivity index (χ4v) is 3.77. The van der Waals surface area contributed by atoms with E-state index >= 15 is 0 Å². The highest BCUT2D eigenvalue weighted by Crippen LogP contribution is 2.31. The van der Waals surface area contributed by atoms with Crippen LogP contribution < -0.4 is 10.1 Å². The number of fused-ring (bicyclic) bond motifs is 2. The number of aromatic nitrogens is 7. The maximum Gasteiger partial charge on any atom is 0.343 e. The molecule has 0 aliphatic heterocycles. The number of hydrogen-bond donors (Lipinski definition) is 1. The van der Waals surface area contributed by atoms with Gasteiger partial charge in [-0.15, -0.1) is 5.10 Å². The second-order valence-corrected chi connectivity index (χ2v) is 8.53. The van der Waals surface area contributed by atoms with Crippen molar-refractivity contribution in [2.45, 2.75) is 12.1 Å². The minimum atomic E-state index is -1.33. The van der Waals surface area contributed by atoms with Crippen molar-refractivity contribution < 1.29 is 13.7 Å². The largest absolute Gasteiger partial charge is 0.609 e. The number of aryl methyl sites for hydroxylation is 2. The van der Waals surface area contributed by atoms with Gasteiger partial charge in [-0.3, -0.25) is 0 Å². The highest BCUT2D eigenvalue weighted by atomic mass is 32.2. The molecule has 3 heterocycles. The van der Waals surface area contributed by atoms with Crippen LogP contribution in [0.4, 0.5) is 15.9 Å². The van der Waals surface area contributed by atoms with Gasteiger partial charge in [-0.2, -0.15) is 9.97 Å². The molecule has 166 valence electrons. The zero-order valence-corrected chi connectivity index (χ0v) is 18.6. The van der Waals surface area contributed by atoms with Crippen molar-refractivity contribution in [1.82, 2.24) is 34.9 Å². The average molecular weight is 464 g/mol. The van der Waals surface area contributed by atoms with Crippen molar-refractivity contribution in [2.75, 3.05) is 11.6 Å². The molecule has 12 heteroatoms. The van der Waals surface area contributed by atoms with E-state index in [0.717, 1.165) is 11.3 Å². The molecule has 2 aromatic carbocycles. The van der Waals surface area contributed by atoms with Crippen molar-refractivity contribution in [2.24, 2.45) is 7.05 Å². The van der Waals surface area contributed by atoms with Gasteiger partial charge in [-0.05, 0) is 30.7 Å². The van der Waals surface area contributed by atoms with Gasteiger partial charge in [0.05, 0.1) is 6.20 Å². The molecule has 0 saturated heterocycles. The Bertz CT molecular complexity index is 1510. The molecule has 5 rings (SSSR count). The molecule has 1 N–H and O–H groups in total. The van der Waals surface area contributed by atoms with E-state index in [1.54, 1.807) is 25.2 Å². The van der Waals surface area contributed by atoms with E-state index < -0.39 is 17.0 Å². The summed E-state index contributed by atoms with van der Waals surface area (Å²) in [5.41, 5.74) is 3.25. The summed E-state index contributed by atoms with van der Waals surface area (Å²) in [5, 5.41) is 11.2. The Hall–Kier alpha value is -3.90. The predicted molar refractivity (Wildman–Crippen MR) is 120 cm³/mol. The highest BCUT2D eigenvalue weighted by molar-refractivity contribution is 7.90. The summed E-state index contributed by atoms with van der Waals surface area (Å²) < 4.78 is 33.5. The van der Waals surface area contributed by atoms with Gasteiger partial charge in [-0.1, -0.05) is 5.21 Å². The zero-order valence-electron chi connectivity index (χ0n) is 17.8. The van der Waals surface area contributed by atoms with Crippen molar-refractivity contribution in [3.8, 4) is 11.5 Å². The van der Waals surface area contributed by atoms with Gasteiger partial charge in [-0.25, -0.2) is 19.0 Å². The summed E-state index contributed by atoms with van der Waals surface area (Å²) >= 11 is -1.33. The van der Waals surface area contributed by atoms with Gasteiger partial charge in [0.2, 0.25) is 0 Å². The first-order valence-electron chi connectivity index (χ1n) is 9.74. The van der Waals surface area contributed by atoms with E-state index in [1.807, 2.05) is 13.0 Å². The number of ether oxygens (including phenoxy) is 1. The summed E-state index contributed by atoms with van der Waals surface area (Å²) in [6.45, 7) is 1.87. The van der Waals surface area contributed by atoms with E-state index in [-0.39, 0.29) is 5.16 Å². The molecule has 1 unspecified atom stereocenters. The second kappa shape index (κ2) is 8.22. The molecule has 0 aliphatic carbocycles. The van der Waals surface area contributed by atoms with E-state index in [2.05, 4.69) is 35.6 Å². The van der Waals surface area contributed by atoms with Gasteiger partial charge in [0.25, 0.3) is 0 Å². The predicted octanol–water partition coefficient (Wildman–Crippen LogP) is 3.42. The topological polar surface area (TPSA) is 127 Å². The third-order valence-corrected chi connectivity index (χ3v) is 5.62. The zero-order chi connectivity index (χ0) is 23.1. The molecule has 0 aliphatic rings. The Labute approximate surface area is 190 Å². The standard InChI is InChI=1S/C21H17FN8O2S/c1-11-6-12(26-20-18-16(24-10-25-20)9-23-21(27-18)33(3)31)4-5-17(11)32-13-7-14(22)19-15(8-13)28-29-30(19)2/h4-10H,1-3H3,(H,24,25,26). The smallest absolute Gasteiger partial charge is 0.343 e. The molecule has 1 atom stereocenters. The monoisotopic (exact) mass is 464 g/mol. The second-order valence-electron chi connectivity index (χ2n) is 7.26. The number of rotatable bonds is 5. The highest BCUT2D eigenvalue weighted by Gasteiger charge is 2.15. The van der Waals surface area contributed by atoms with Crippen molar-refractivity contribution in [3.05, 3.63) is 54.2 Å². The summed E-state index contributed by atoms with van der Waals surface area (Å²) in [4.78, 5) is 16.8. The Kier molecular flexibility index (Phi) is 5.23. The number of nitrogens with one attached hydrogen (secondary N) is 1. The van der Waals surface area contributed by atoms with Crippen LogP contribution in [0.15, 0.2) is 48.0 Å². The number of anilines is 2. The molecular formula is C21H17FN8O2S. The molecule has 0 spiro atoms. The Morgan fingerprint density at radius 2 is 1.97 bits per heavy atom. The van der Waals surface area contributed by atoms with Crippen molar-refractivity contribution >= 4 is 44.7 Å². The molecule has 10 nitrogen and oxygen atoms in total. The van der Waals surface area contributed by atoms with Crippen LogP contribution in [0.1, 0.15) is 5.56 Å². The summed E-state index contributed by atoms with van der Waals surface area (Å²) in [6.07, 6.45) is 4.42. The van der Waals surface area contributed by atoms with Gasteiger partial charge >= 0.3 is 5.16 Å². The summed E-state index contributed by atoms with van der Waals surface area (Å²) in [5.74, 6) is 0.873. The van der Waals surface area contributed by atoms with Crippen LogP contribution in [-0.4, -0.2) is 45.7 Å². The van der Waals surface area contributed by atoms with Gasteiger partial charge in [0.15, 0.2) is 11.6 Å². The molecule has 5 aromatic rings. The van der Waals surface area contributed by atoms with Gasteiger partial charge < -0.3 is 14.6 Å². The maximum absolute atomic E-state index is 14.4. The van der Waals surface area contributed by atoms with Gasteiger partial charge in [0.1, 0.15) is 46.1 Å². The normalized spacial score (nSPS) is 12.3. The third-order valence-electron chi connectivity index (χ3n) is 4.90. The van der Waals surface area contributed by atoms with Crippen LogP contribution in [0.25, 0.3) is 22.1 Å². The van der Waals surface area contributed by atoms with Crippen LogP contribution in [0, 0.1) is 12.7 Å². The average Bonchev–Trinajstić information content (AvgIpc) is 3.16. The quantitative estimate of drug-likeness (QED) is 0.307. The summed E-state index contributed by atoms with van der Waals surface area (Å²) in [6, 6.07) is 8.37. The van der Waals surface area contributed by atoms with Crippen LogP contribution >= 0.6 is 0 Å². The van der Waals surface area contributed by atoms with Crippen LogP contribution in [0.5, 0.6) is 11.5 Å². The SMILES string of the molecule is Cc1cc(Nc2ncnc3cnc([S+](C)[O-])nc23)ccc1Oc1cc(F)c2c(c1)nnn2C. The van der Waals surface area contributed by atoms with Crippen LogP contribution in [-0.2, 0) is 18.2 Å². The van der Waals surface area contributed by atoms with Gasteiger partial charge in [0, 0.05) is 36.0 Å². The lowest BCUT2D eigenvalue weighted by Crippen LogP contribution is -2.06. The molecule has 0 bridgehead atoms. The molecule has 0 saturated carbocycles. The minimum absolute atomic E-state index is 0.201. The number of nitrogens with zero attached hydrogens (tertiary/aromatic N) is 7. The molecular weight excluding hydrogens is 447 g/mol. The first-order chi connectivity index (χ1) is 15.9. The summed E-state index contributed by atoms with van der Waals surface area (Å²) in [7, 11) is 1.63. The number of hydrogen-bond acceptors (Lipinski definition) is 9. The minimum Gasteiger partial charge on any atom is -0.609 e. The van der Waals surface area contributed by atoms with Crippen LogP contribution in [0.2, 0.25) is 0 Å². The van der Waals surface area contributed by atoms with Crippen molar-refractivity contribution in [3.63, 3.8) is 0 Å². The Morgan fingerprint density at radius 3 is 2.76 bits per heavy atom. The lowest BCUT2D eigenvalue weighted by molar-refractivity contribution is 0.474. The Morgan fingerprint density at radius 1 is 1.12 bits per heavy atom. The molecule has 0 amide bonds. The number of halogens is 1. The van der Waals surface area contributed by atoms with Crippen molar-refractivity contribution in [1.29, 1.82) is 0 Å². The van der Waals surface area contributed by atoms with E-state index in [4.69, 9.17) is 4.74 Å². The molecule has 33 heavy (non-hydrogen) atoms. The van der Waals surface area contributed by atoms with E-state index in [9.17, 15) is 8.94 Å². The lowest BCUT2D eigenvalue weighted by Gasteiger charge is -2.12. The number of benzene rings is 2. The first-order valence-corrected chi connectivity index (χ1v) is 11.3. The fourth-order valence-electron chi connectivity index (χ4n) is 3.35. The van der Waals surface area contributed by atoms with E-state index in [0.29, 0.717) is 39.4 Å². The third kappa shape index (κ3) is 4.01.